The molecule has 19 aromatic rings. The molecule has 0 aliphatic heterocycles. The van der Waals surface area contributed by atoms with Gasteiger partial charge in [-0.15, -0.1) is 0 Å². The lowest BCUT2D eigenvalue weighted by Crippen LogP contribution is -1.98. The van der Waals surface area contributed by atoms with Crippen LogP contribution in [0, 0.1) is 0 Å². The van der Waals surface area contributed by atoms with E-state index in [-0.39, 0.29) is 0 Å². The number of fused-ring (bicyclic) bond motifs is 13. The molecule has 19 rings (SSSR count). The molecule has 2 aromatic heterocycles. The van der Waals surface area contributed by atoms with E-state index in [9.17, 15) is 266 Å². The first-order valence-electron chi connectivity index (χ1n) is 38.3. The lowest BCUT2D eigenvalue weighted by molar-refractivity contribution is 0.329. The maximum Gasteiger partial charge on any atom is 0.208 e. The quantitative estimate of drug-likeness (QED) is 0.0418. The molecule has 0 atom stereocenters. The summed E-state index contributed by atoms with van der Waals surface area (Å²) in [5, 5.41) is 561. The van der Waals surface area contributed by atoms with Crippen LogP contribution in [0.15, 0.2) is 21.0 Å². The first-order chi connectivity index (χ1) is 66.3. The summed E-state index contributed by atoms with van der Waals surface area (Å²) in [5.74, 6) is -84.4. The summed E-state index contributed by atoms with van der Waals surface area (Å²) in [4.78, 5) is 0. The molecule has 2 heterocycles. The third-order valence-electron chi connectivity index (χ3n) is 24.3. The van der Waals surface area contributed by atoms with Crippen molar-refractivity contribution in [3.63, 3.8) is 0 Å². The van der Waals surface area contributed by atoms with Crippen molar-refractivity contribution in [1.29, 1.82) is 0 Å². The van der Waals surface area contributed by atoms with Crippen LogP contribution in [0.25, 0.3) is 186 Å². The molecule has 54 heteroatoms. The summed E-state index contributed by atoms with van der Waals surface area (Å²) < 4.78 is 11.0. The van der Waals surface area contributed by atoms with Gasteiger partial charge in [0, 0.05) is 87.2 Å². The smallest absolute Gasteiger partial charge is 0.208 e. The van der Waals surface area contributed by atoms with Gasteiger partial charge >= 0.3 is 0 Å². The first kappa shape index (κ1) is 90.3. The zero-order chi connectivity index (χ0) is 104. The van der Waals surface area contributed by atoms with Crippen LogP contribution in [-0.4, -0.2) is 266 Å². The van der Waals surface area contributed by atoms with E-state index in [1.54, 1.807) is 0 Å². The lowest BCUT2D eigenvalue weighted by atomic mass is 9.80. The zero-order valence-corrected chi connectivity index (χ0v) is 68.2. The fourth-order valence-corrected chi connectivity index (χ4v) is 17.9. The van der Waals surface area contributed by atoms with Crippen molar-refractivity contribution in [3.05, 3.63) is 12.1 Å². The Morgan fingerprint density at radius 1 is 0.0915 bits per heavy atom. The molecule has 730 valence electrons. The van der Waals surface area contributed by atoms with Crippen molar-refractivity contribution in [2.24, 2.45) is 0 Å². The predicted molar refractivity (Wildman–Crippen MR) is 469 cm³/mol. The maximum absolute atomic E-state index is 12.4. The highest BCUT2D eigenvalue weighted by Gasteiger charge is 2.46. The molecule has 54 nitrogen and oxygen atoms in total. The third kappa shape index (κ3) is 10.6. The summed E-state index contributed by atoms with van der Waals surface area (Å²) in [6.07, 6.45) is 0. The molecular formula is C88H54O54. The second kappa shape index (κ2) is 28.6. The van der Waals surface area contributed by atoms with Crippen molar-refractivity contribution in [1.82, 2.24) is 0 Å². The van der Waals surface area contributed by atoms with E-state index in [2.05, 4.69) is 0 Å². The van der Waals surface area contributed by atoms with Crippen molar-refractivity contribution in [2.75, 3.05) is 0 Å². The molecule has 0 amide bonds. The summed E-state index contributed by atoms with van der Waals surface area (Å²) in [6, 6.07) is 1.27. The normalized spacial score (nSPS) is 11.9. The second-order valence-electron chi connectivity index (χ2n) is 31.3. The van der Waals surface area contributed by atoms with Gasteiger partial charge < -0.3 is 274 Å². The zero-order valence-electron chi connectivity index (χ0n) is 68.2. The van der Waals surface area contributed by atoms with E-state index in [0.29, 0.717) is 12.1 Å². The third-order valence-corrected chi connectivity index (χ3v) is 24.3. The standard InChI is InChI=1S/C48H30O30.C40H24O24/c49-3-1-2-4(23(54)20(3)51)21(52)17-18-22(53)13(36(67)46(77)48(18)78-47(17)19(2)50)6-10-7(24(55)37(68)40(71)27(10)58)5(8-11(6)28(59)41(72)38(69)25(8)56)9-12(29(60)42(73)39(70)26(9)57)14-30(61)32(63)15(33(64)31(14)62)16-34(65)43(74)45(76)44(75)35(16)66;41-3-1-2-4(22(47)18(3)43)19(44)15-16-21(46)12(31(56)38(63)40(16)64-39(15)17(2)42)6-9-7(23(48)32(57)34(59)25(9)50)5(8-10(6)26(51)35(60)33(58)24(8)49)11-20(45)13-14(28(53)27(11)52)30(55)37(62)36(61)29(13)54/h1,49-77H;1,41-63H. The highest BCUT2D eigenvalue weighted by Crippen LogP contribution is 2.75. The Morgan fingerprint density at radius 2 is 0.232 bits per heavy atom. The van der Waals surface area contributed by atoms with E-state index in [1.165, 1.54) is 0 Å². The first-order valence-corrected chi connectivity index (χ1v) is 38.3. The fraction of sp³-hybridized carbons (Fsp3) is 0. The number of rotatable bonds is 6. The fourth-order valence-electron chi connectivity index (χ4n) is 17.9. The molecule has 0 saturated carbocycles. The van der Waals surface area contributed by atoms with Crippen molar-refractivity contribution in [2.45, 2.75) is 0 Å². The SMILES string of the molecule is Oc1cc2c(O)c3oc4c(O)c(O)c(-c5c6c(O)c(O)c(O)c(O)c6c(-c6c(O)c(O)c(O)c(O)c6-c6c(O)c(O)c(-c7c(O)c(O)c(O)c(O)c7O)c(O)c6O)c6c(O)c(O)c(O)c(O)c56)c(O)c4c3c(O)c2c(O)c1O.Oc1cc2c(O)c3oc4c(O)c(O)c(-c5c6c(O)c(O)c(O)c(O)c6c(-c6c(O)c(O)c7c(O)c(O)c(O)c(O)c7c6O)c6c(O)c(O)c(O)c(O)c56)c(O)c4c3c(O)c2c(O)c1O. The Kier molecular flexibility index (Phi) is 18.2. The Balaban J connectivity index is 0.000000191. The monoisotopic (exact) mass is 1970 g/mol. The molecule has 0 bridgehead atoms. The van der Waals surface area contributed by atoms with E-state index in [4.69, 9.17) is 8.83 Å². The van der Waals surface area contributed by atoms with E-state index >= 15 is 0 Å². The van der Waals surface area contributed by atoms with Crippen molar-refractivity contribution >= 4 is 119 Å². The summed E-state index contributed by atoms with van der Waals surface area (Å²) in [6.45, 7) is 0. The molecule has 0 saturated heterocycles. The Morgan fingerprint density at radius 3 is 0.493 bits per heavy atom. The molecule has 0 fully saturated rings. The van der Waals surface area contributed by atoms with Crippen LogP contribution >= 0.6 is 0 Å². The van der Waals surface area contributed by atoms with Gasteiger partial charge in [0.25, 0.3) is 0 Å². The summed E-state index contributed by atoms with van der Waals surface area (Å²) in [5.41, 5.74) is -22.1. The predicted octanol–water partition coefficient (Wildman–Crippen LogP) is 9.94. The van der Waals surface area contributed by atoms with Crippen LogP contribution < -0.4 is 0 Å². The molecule has 0 radical (unpaired) electrons. The molecule has 52 N–H and O–H groups in total. The minimum atomic E-state index is -1.97. The van der Waals surface area contributed by atoms with Crippen LogP contribution in [-0.2, 0) is 0 Å². The largest absolute Gasteiger partial charge is 0.506 e. The van der Waals surface area contributed by atoms with E-state index in [0.717, 1.165) is 0 Å². The average molecular weight is 1980 g/mol. The van der Waals surface area contributed by atoms with Gasteiger partial charge in [-0.2, -0.15) is 0 Å². The molecule has 17 aromatic carbocycles. The minimum Gasteiger partial charge on any atom is -0.506 e. The van der Waals surface area contributed by atoms with Crippen molar-refractivity contribution in [3.8, 4) is 366 Å². The van der Waals surface area contributed by atoms with Gasteiger partial charge in [-0.1, -0.05) is 0 Å². The Hall–Kier alpha value is -22.2. The molecular weight excluding hydrogens is 1920 g/mol. The number of furan rings is 2. The van der Waals surface area contributed by atoms with Crippen LogP contribution in [0.2, 0.25) is 0 Å². The number of phenolic OH excluding ortho intramolecular Hbond substituents is 52. The van der Waals surface area contributed by atoms with Gasteiger partial charge in [0.2, 0.25) is 109 Å². The van der Waals surface area contributed by atoms with Crippen LogP contribution in [0.1, 0.15) is 0 Å². The van der Waals surface area contributed by atoms with Gasteiger partial charge in [-0.3, -0.25) is 0 Å². The minimum absolute atomic E-state index is 0.608. The molecule has 0 unspecified atom stereocenters. The maximum atomic E-state index is 12.4. The molecule has 0 aliphatic rings. The summed E-state index contributed by atoms with van der Waals surface area (Å²) >= 11 is 0. The van der Waals surface area contributed by atoms with Crippen LogP contribution in [0.5, 0.6) is 299 Å². The van der Waals surface area contributed by atoms with Crippen LogP contribution in [0.4, 0.5) is 0 Å². The van der Waals surface area contributed by atoms with Gasteiger partial charge in [0.15, 0.2) is 183 Å². The highest BCUT2D eigenvalue weighted by atomic mass is 16.4. The molecule has 142 heavy (non-hydrogen) atoms. The van der Waals surface area contributed by atoms with Gasteiger partial charge in [0.05, 0.1) is 76.5 Å². The number of phenols is 52. The van der Waals surface area contributed by atoms with Crippen LogP contribution in [0.3, 0.4) is 0 Å². The van der Waals surface area contributed by atoms with Gasteiger partial charge in [0.1, 0.15) is 28.7 Å². The number of hydrogen-bond donors (Lipinski definition) is 52. The number of benzene rings is 17. The second-order valence-corrected chi connectivity index (χ2v) is 31.3. The molecule has 0 spiro atoms. The highest BCUT2D eigenvalue weighted by molar-refractivity contribution is 6.36. The van der Waals surface area contributed by atoms with Gasteiger partial charge in [-0.25, -0.2) is 0 Å². The average Bonchev–Trinajstić information content (AvgIpc) is 1.46. The number of hydrogen-bond acceptors (Lipinski definition) is 54. The number of aromatic hydroxyl groups is 52. The van der Waals surface area contributed by atoms with Gasteiger partial charge in [-0.05, 0) is 12.1 Å². The Labute approximate surface area is 768 Å². The summed E-state index contributed by atoms with van der Waals surface area (Å²) in [7, 11) is 0. The Bertz CT molecular complexity index is 9130. The van der Waals surface area contributed by atoms with E-state index < -0.39 is 485 Å². The van der Waals surface area contributed by atoms with Crippen molar-refractivity contribution < 1.29 is 274 Å². The topological polar surface area (TPSA) is 1080 Å². The lowest BCUT2D eigenvalue weighted by Gasteiger charge is -2.26. The molecule has 0 aliphatic carbocycles. The van der Waals surface area contributed by atoms with E-state index in [1.807, 2.05) is 0 Å².